The molecule has 1 aliphatic heterocycles. The van der Waals surface area contributed by atoms with E-state index in [-0.39, 0.29) is 23.9 Å². The second-order valence-electron chi connectivity index (χ2n) is 6.32. The molecule has 0 radical (unpaired) electrons. The van der Waals surface area contributed by atoms with Gasteiger partial charge < -0.3 is 14.5 Å². The summed E-state index contributed by atoms with van der Waals surface area (Å²) in [6.07, 6.45) is 3.85. The number of rotatable bonds is 5. The Kier molecular flexibility index (Phi) is 4.37. The third-order valence-electron chi connectivity index (χ3n) is 4.76. The van der Waals surface area contributed by atoms with Gasteiger partial charge in [0.05, 0.1) is 12.0 Å². The van der Waals surface area contributed by atoms with Gasteiger partial charge in [-0.3, -0.25) is 9.59 Å². The SMILES string of the molecule is COCCN(C)C(=O)C1N(C(C)C)C(=O)C12CCCC2. The van der Waals surface area contributed by atoms with Crippen molar-refractivity contribution in [2.45, 2.75) is 51.6 Å². The fourth-order valence-electron chi connectivity index (χ4n) is 3.62. The molecule has 1 atom stereocenters. The number of nitrogens with zero attached hydrogens (tertiary/aromatic N) is 2. The lowest BCUT2D eigenvalue weighted by atomic mass is 9.67. The Morgan fingerprint density at radius 3 is 2.55 bits per heavy atom. The molecule has 1 aliphatic carbocycles. The first-order valence-electron chi connectivity index (χ1n) is 7.52. The second-order valence-corrected chi connectivity index (χ2v) is 6.32. The maximum absolute atomic E-state index is 12.7. The standard InChI is InChI=1S/C15H26N2O3/c1-11(2)17-12(13(18)16(3)9-10-20-4)15(14(17)19)7-5-6-8-15/h11-12H,5-10H2,1-4H3. The highest BCUT2D eigenvalue weighted by Crippen LogP contribution is 2.52. The molecular weight excluding hydrogens is 256 g/mol. The highest BCUT2D eigenvalue weighted by Gasteiger charge is 2.64. The summed E-state index contributed by atoms with van der Waals surface area (Å²) in [6.45, 7) is 5.06. The largest absolute Gasteiger partial charge is 0.383 e. The lowest BCUT2D eigenvalue weighted by molar-refractivity contribution is -0.184. The first-order valence-corrected chi connectivity index (χ1v) is 7.52. The number of ether oxygens (including phenoxy) is 1. The number of likely N-dealkylation sites (tertiary alicyclic amines) is 1. The Balaban J connectivity index is 2.16. The van der Waals surface area contributed by atoms with Crippen LogP contribution in [0.3, 0.4) is 0 Å². The molecule has 2 rings (SSSR count). The average Bonchev–Trinajstić information content (AvgIpc) is 2.91. The smallest absolute Gasteiger partial charge is 0.246 e. The summed E-state index contributed by atoms with van der Waals surface area (Å²) in [5, 5.41) is 0. The Bertz CT molecular complexity index is 389. The van der Waals surface area contributed by atoms with E-state index in [2.05, 4.69) is 0 Å². The minimum atomic E-state index is -0.400. The molecule has 5 heteroatoms. The van der Waals surface area contributed by atoms with Crippen molar-refractivity contribution in [3.8, 4) is 0 Å². The molecule has 5 nitrogen and oxygen atoms in total. The minimum absolute atomic E-state index is 0.0669. The van der Waals surface area contributed by atoms with Gasteiger partial charge in [0.2, 0.25) is 11.8 Å². The summed E-state index contributed by atoms with van der Waals surface area (Å²) >= 11 is 0. The van der Waals surface area contributed by atoms with Crippen molar-refractivity contribution in [2.75, 3.05) is 27.3 Å². The Morgan fingerprint density at radius 1 is 1.45 bits per heavy atom. The Morgan fingerprint density at radius 2 is 2.05 bits per heavy atom. The van der Waals surface area contributed by atoms with E-state index in [1.165, 1.54) is 0 Å². The summed E-state index contributed by atoms with van der Waals surface area (Å²) in [6, 6.07) is -0.183. The number of carbonyl (C=O) groups is 2. The van der Waals surface area contributed by atoms with Gasteiger partial charge in [0.25, 0.3) is 0 Å². The van der Waals surface area contributed by atoms with Crippen molar-refractivity contribution >= 4 is 11.8 Å². The number of carbonyl (C=O) groups excluding carboxylic acids is 2. The van der Waals surface area contributed by atoms with Crippen molar-refractivity contribution in [3.63, 3.8) is 0 Å². The van der Waals surface area contributed by atoms with E-state index in [0.29, 0.717) is 13.2 Å². The first kappa shape index (κ1) is 15.3. The molecule has 20 heavy (non-hydrogen) atoms. The van der Waals surface area contributed by atoms with Gasteiger partial charge in [-0.1, -0.05) is 12.8 Å². The van der Waals surface area contributed by atoms with Crippen LogP contribution in [-0.4, -0.2) is 61.0 Å². The van der Waals surface area contributed by atoms with Gasteiger partial charge >= 0.3 is 0 Å². The Hall–Kier alpha value is -1.10. The monoisotopic (exact) mass is 282 g/mol. The Labute approximate surface area is 121 Å². The van der Waals surface area contributed by atoms with Crippen LogP contribution in [0.15, 0.2) is 0 Å². The molecule has 2 amide bonds. The van der Waals surface area contributed by atoms with Gasteiger partial charge in [-0.15, -0.1) is 0 Å². The predicted molar refractivity (Wildman–Crippen MR) is 76.2 cm³/mol. The van der Waals surface area contributed by atoms with Crippen molar-refractivity contribution in [2.24, 2.45) is 5.41 Å². The van der Waals surface area contributed by atoms with E-state index in [0.717, 1.165) is 25.7 Å². The molecule has 2 aliphatic rings. The van der Waals surface area contributed by atoms with Crippen LogP contribution in [0.5, 0.6) is 0 Å². The third kappa shape index (κ3) is 2.22. The first-order chi connectivity index (χ1) is 9.45. The highest BCUT2D eigenvalue weighted by molar-refractivity contribution is 6.02. The van der Waals surface area contributed by atoms with Gasteiger partial charge in [-0.2, -0.15) is 0 Å². The summed E-state index contributed by atoms with van der Waals surface area (Å²) in [7, 11) is 3.43. The molecule has 0 aromatic rings. The molecule has 0 aromatic heterocycles. The lowest BCUT2D eigenvalue weighted by Crippen LogP contribution is -2.74. The summed E-state index contributed by atoms with van der Waals surface area (Å²) < 4.78 is 5.03. The summed E-state index contributed by atoms with van der Waals surface area (Å²) in [5.41, 5.74) is -0.400. The average molecular weight is 282 g/mol. The van der Waals surface area contributed by atoms with Crippen LogP contribution >= 0.6 is 0 Å². The van der Waals surface area contributed by atoms with Crippen LogP contribution in [-0.2, 0) is 14.3 Å². The maximum atomic E-state index is 12.7. The van der Waals surface area contributed by atoms with Gasteiger partial charge in [-0.05, 0) is 26.7 Å². The van der Waals surface area contributed by atoms with Crippen LogP contribution in [0.25, 0.3) is 0 Å². The fraction of sp³-hybridized carbons (Fsp3) is 0.867. The number of methoxy groups -OCH3 is 1. The highest BCUT2D eigenvalue weighted by atomic mass is 16.5. The number of hydrogen-bond donors (Lipinski definition) is 0. The number of hydrogen-bond acceptors (Lipinski definition) is 3. The predicted octanol–water partition coefficient (Wildman–Crippen LogP) is 1.27. The van der Waals surface area contributed by atoms with Gasteiger partial charge in [0.1, 0.15) is 6.04 Å². The number of likely N-dealkylation sites (N-methyl/N-ethyl adjacent to an activating group) is 1. The van der Waals surface area contributed by atoms with Gasteiger partial charge in [0, 0.05) is 26.7 Å². The molecule has 0 bridgehead atoms. The molecule has 0 N–H and O–H groups in total. The van der Waals surface area contributed by atoms with Crippen LogP contribution in [0, 0.1) is 5.41 Å². The molecule has 0 aromatic carbocycles. The molecule has 2 fully saturated rings. The van der Waals surface area contributed by atoms with Crippen molar-refractivity contribution in [1.82, 2.24) is 9.80 Å². The van der Waals surface area contributed by atoms with Gasteiger partial charge in [0.15, 0.2) is 0 Å². The molecule has 1 spiro atoms. The topological polar surface area (TPSA) is 49.9 Å². The summed E-state index contributed by atoms with van der Waals surface area (Å²) in [5.74, 6) is 0.251. The van der Waals surface area contributed by atoms with Crippen LogP contribution in [0.1, 0.15) is 39.5 Å². The quantitative estimate of drug-likeness (QED) is 0.714. The molecule has 1 saturated carbocycles. The third-order valence-corrected chi connectivity index (χ3v) is 4.76. The van der Waals surface area contributed by atoms with E-state index in [1.807, 2.05) is 13.8 Å². The number of β-lactam (4-membered cyclic amide) rings is 1. The van der Waals surface area contributed by atoms with Crippen LogP contribution in [0.2, 0.25) is 0 Å². The van der Waals surface area contributed by atoms with E-state index in [9.17, 15) is 9.59 Å². The van der Waals surface area contributed by atoms with Crippen molar-refractivity contribution in [3.05, 3.63) is 0 Å². The second kappa shape index (κ2) is 5.72. The molecule has 1 saturated heterocycles. The zero-order chi connectivity index (χ0) is 14.9. The molecule has 1 unspecified atom stereocenters. The lowest BCUT2D eigenvalue weighted by Gasteiger charge is -2.56. The maximum Gasteiger partial charge on any atom is 0.246 e. The molecular formula is C15H26N2O3. The zero-order valence-electron chi connectivity index (χ0n) is 13.0. The van der Waals surface area contributed by atoms with Gasteiger partial charge in [-0.25, -0.2) is 0 Å². The minimum Gasteiger partial charge on any atom is -0.383 e. The zero-order valence-corrected chi connectivity index (χ0v) is 13.0. The van der Waals surface area contributed by atoms with Crippen molar-refractivity contribution in [1.29, 1.82) is 0 Å². The van der Waals surface area contributed by atoms with E-state index in [4.69, 9.17) is 4.74 Å². The van der Waals surface area contributed by atoms with Crippen molar-refractivity contribution < 1.29 is 14.3 Å². The molecule has 1 heterocycles. The van der Waals surface area contributed by atoms with Crippen LogP contribution < -0.4 is 0 Å². The summed E-state index contributed by atoms with van der Waals surface area (Å²) in [4.78, 5) is 28.7. The normalized spacial score (nSPS) is 24.4. The van der Waals surface area contributed by atoms with E-state index >= 15 is 0 Å². The number of amides is 2. The fourth-order valence-corrected chi connectivity index (χ4v) is 3.62. The van der Waals surface area contributed by atoms with Crippen LogP contribution in [0.4, 0.5) is 0 Å². The molecule has 114 valence electrons. The van der Waals surface area contributed by atoms with E-state index in [1.54, 1.807) is 24.0 Å². The van der Waals surface area contributed by atoms with E-state index < -0.39 is 5.41 Å².